The van der Waals surface area contributed by atoms with Gasteiger partial charge in [0.1, 0.15) is 0 Å². The quantitative estimate of drug-likeness (QED) is 0.928. The molecule has 1 aliphatic rings. The highest BCUT2D eigenvalue weighted by atomic mass is 16.2. The Kier molecular flexibility index (Phi) is 5.77. The molecule has 1 atom stereocenters. The van der Waals surface area contributed by atoms with Crippen LogP contribution in [-0.2, 0) is 4.79 Å². The number of nitrogens with zero attached hydrogens (tertiary/aromatic N) is 2. The van der Waals surface area contributed by atoms with E-state index in [0.29, 0.717) is 11.3 Å². The van der Waals surface area contributed by atoms with Crippen molar-refractivity contribution < 1.29 is 4.79 Å². The van der Waals surface area contributed by atoms with Gasteiger partial charge in [0, 0.05) is 5.69 Å². The standard InChI is InChI=1S/C17H23N3O/c1-14(20-10-5-3-2-4-6-11-20)17(21)19-16-9-7-8-15(12-16)13-18/h7-9,12,14H,2-6,10-11H2,1H3,(H,19,21)/t14-/m0/s1. The normalized spacial score (nSPS) is 18.1. The molecule has 0 unspecified atom stereocenters. The lowest BCUT2D eigenvalue weighted by atomic mass is 10.1. The Bertz CT molecular complexity index is 513. The fourth-order valence-corrected chi connectivity index (χ4v) is 2.74. The van der Waals surface area contributed by atoms with Gasteiger partial charge in [0.15, 0.2) is 0 Å². The minimum absolute atomic E-state index is 0.00524. The zero-order valence-corrected chi connectivity index (χ0v) is 12.6. The fourth-order valence-electron chi connectivity index (χ4n) is 2.74. The zero-order valence-electron chi connectivity index (χ0n) is 12.6. The Labute approximate surface area is 126 Å². The van der Waals surface area contributed by atoms with Gasteiger partial charge in [0.25, 0.3) is 0 Å². The predicted octanol–water partition coefficient (Wildman–Crippen LogP) is 3.15. The molecule has 2 rings (SSSR count). The average Bonchev–Trinajstić information content (AvgIpc) is 2.46. The number of carbonyl (C=O) groups is 1. The van der Waals surface area contributed by atoms with E-state index in [1.165, 1.54) is 32.1 Å². The molecule has 112 valence electrons. The van der Waals surface area contributed by atoms with E-state index in [1.807, 2.05) is 13.0 Å². The van der Waals surface area contributed by atoms with Crippen LogP contribution in [0.5, 0.6) is 0 Å². The zero-order chi connectivity index (χ0) is 15.1. The first-order valence-corrected chi connectivity index (χ1v) is 7.76. The van der Waals surface area contributed by atoms with E-state index in [9.17, 15) is 4.79 Å². The molecule has 4 heteroatoms. The van der Waals surface area contributed by atoms with E-state index in [2.05, 4.69) is 16.3 Å². The van der Waals surface area contributed by atoms with Gasteiger partial charge >= 0.3 is 0 Å². The number of hydrogen-bond acceptors (Lipinski definition) is 3. The number of nitriles is 1. The second-order valence-corrected chi connectivity index (χ2v) is 5.66. The summed E-state index contributed by atoms with van der Waals surface area (Å²) in [5, 5.41) is 11.8. The highest BCUT2D eigenvalue weighted by molar-refractivity contribution is 5.94. The van der Waals surface area contributed by atoms with Crippen LogP contribution >= 0.6 is 0 Å². The molecule has 1 N–H and O–H groups in total. The molecular formula is C17H23N3O. The number of likely N-dealkylation sites (tertiary alicyclic amines) is 1. The maximum atomic E-state index is 12.4. The van der Waals surface area contributed by atoms with E-state index in [4.69, 9.17) is 5.26 Å². The van der Waals surface area contributed by atoms with Gasteiger partial charge in [-0.05, 0) is 51.1 Å². The maximum Gasteiger partial charge on any atom is 0.241 e. The van der Waals surface area contributed by atoms with E-state index >= 15 is 0 Å². The summed E-state index contributed by atoms with van der Waals surface area (Å²) in [7, 11) is 0. The van der Waals surface area contributed by atoms with Crippen LogP contribution in [0.15, 0.2) is 24.3 Å². The summed E-state index contributed by atoms with van der Waals surface area (Å²) >= 11 is 0. The fraction of sp³-hybridized carbons (Fsp3) is 0.529. The van der Waals surface area contributed by atoms with Crippen molar-refractivity contribution in [1.82, 2.24) is 4.90 Å². The topological polar surface area (TPSA) is 56.1 Å². The Morgan fingerprint density at radius 1 is 1.24 bits per heavy atom. The van der Waals surface area contributed by atoms with Gasteiger partial charge in [-0.3, -0.25) is 9.69 Å². The molecule has 1 aromatic rings. The molecule has 1 aliphatic heterocycles. The van der Waals surface area contributed by atoms with Crippen molar-refractivity contribution in [2.45, 2.75) is 45.1 Å². The number of benzene rings is 1. The highest BCUT2D eigenvalue weighted by Gasteiger charge is 2.21. The molecule has 1 fully saturated rings. The molecule has 0 saturated carbocycles. The molecule has 0 radical (unpaired) electrons. The van der Waals surface area contributed by atoms with Crippen LogP contribution in [0.25, 0.3) is 0 Å². The molecule has 21 heavy (non-hydrogen) atoms. The molecular weight excluding hydrogens is 262 g/mol. The monoisotopic (exact) mass is 285 g/mol. The van der Waals surface area contributed by atoms with Crippen molar-refractivity contribution in [1.29, 1.82) is 5.26 Å². The lowest BCUT2D eigenvalue weighted by Gasteiger charge is -2.29. The van der Waals surface area contributed by atoms with Crippen LogP contribution in [0.3, 0.4) is 0 Å². The minimum Gasteiger partial charge on any atom is -0.325 e. The molecule has 0 aromatic heterocycles. The van der Waals surface area contributed by atoms with Crippen molar-refractivity contribution in [2.24, 2.45) is 0 Å². The summed E-state index contributed by atoms with van der Waals surface area (Å²) in [6.07, 6.45) is 6.17. The Hall–Kier alpha value is -1.86. The third-order valence-corrected chi connectivity index (χ3v) is 4.08. The summed E-state index contributed by atoms with van der Waals surface area (Å²) in [4.78, 5) is 14.6. The van der Waals surface area contributed by atoms with Gasteiger partial charge in [-0.1, -0.05) is 25.3 Å². The highest BCUT2D eigenvalue weighted by Crippen LogP contribution is 2.15. The van der Waals surface area contributed by atoms with Crippen LogP contribution in [-0.4, -0.2) is 29.9 Å². The van der Waals surface area contributed by atoms with Crippen LogP contribution in [0.4, 0.5) is 5.69 Å². The van der Waals surface area contributed by atoms with Crippen LogP contribution in [0.2, 0.25) is 0 Å². The van der Waals surface area contributed by atoms with Crippen molar-refractivity contribution >= 4 is 11.6 Å². The maximum absolute atomic E-state index is 12.4. The van der Waals surface area contributed by atoms with E-state index in [-0.39, 0.29) is 11.9 Å². The molecule has 4 nitrogen and oxygen atoms in total. The first-order chi connectivity index (χ1) is 10.2. The summed E-state index contributed by atoms with van der Waals surface area (Å²) in [6, 6.07) is 9.00. The summed E-state index contributed by atoms with van der Waals surface area (Å²) in [5.74, 6) is 0.00524. The van der Waals surface area contributed by atoms with Gasteiger partial charge in [0.2, 0.25) is 5.91 Å². The van der Waals surface area contributed by atoms with Gasteiger partial charge in [-0.25, -0.2) is 0 Å². The van der Waals surface area contributed by atoms with Crippen molar-refractivity contribution in [3.8, 4) is 6.07 Å². The minimum atomic E-state index is -0.131. The van der Waals surface area contributed by atoms with Crippen LogP contribution in [0.1, 0.15) is 44.6 Å². The lowest BCUT2D eigenvalue weighted by molar-refractivity contribution is -0.120. The van der Waals surface area contributed by atoms with Crippen molar-refractivity contribution in [3.63, 3.8) is 0 Å². The SMILES string of the molecule is C[C@@H](C(=O)Nc1cccc(C#N)c1)N1CCCCCCC1. The van der Waals surface area contributed by atoms with Gasteiger partial charge in [-0.2, -0.15) is 5.26 Å². The molecule has 1 amide bonds. The molecule has 0 spiro atoms. The average molecular weight is 285 g/mol. The van der Waals surface area contributed by atoms with Crippen LogP contribution < -0.4 is 5.32 Å². The number of anilines is 1. The number of carbonyl (C=O) groups excluding carboxylic acids is 1. The summed E-state index contributed by atoms with van der Waals surface area (Å²) in [6.45, 7) is 3.95. The molecule has 1 aromatic carbocycles. The molecule has 1 heterocycles. The number of nitrogens with one attached hydrogen (secondary N) is 1. The summed E-state index contributed by atoms with van der Waals surface area (Å²) in [5.41, 5.74) is 1.25. The molecule has 0 aliphatic carbocycles. The van der Waals surface area contributed by atoms with Crippen molar-refractivity contribution in [2.75, 3.05) is 18.4 Å². The predicted molar refractivity (Wildman–Crippen MR) is 83.9 cm³/mol. The van der Waals surface area contributed by atoms with Gasteiger partial charge < -0.3 is 5.32 Å². The summed E-state index contributed by atoms with van der Waals surface area (Å²) < 4.78 is 0. The second-order valence-electron chi connectivity index (χ2n) is 5.66. The van der Waals surface area contributed by atoms with Crippen LogP contribution in [0, 0.1) is 11.3 Å². The molecule has 0 bridgehead atoms. The number of rotatable bonds is 3. The molecule has 1 saturated heterocycles. The first-order valence-electron chi connectivity index (χ1n) is 7.76. The van der Waals surface area contributed by atoms with Gasteiger partial charge in [-0.15, -0.1) is 0 Å². The number of amides is 1. The number of hydrogen-bond donors (Lipinski definition) is 1. The van der Waals surface area contributed by atoms with Gasteiger partial charge in [0.05, 0.1) is 17.7 Å². The Morgan fingerprint density at radius 2 is 1.90 bits per heavy atom. The smallest absolute Gasteiger partial charge is 0.241 e. The largest absolute Gasteiger partial charge is 0.325 e. The third-order valence-electron chi connectivity index (χ3n) is 4.08. The lowest BCUT2D eigenvalue weighted by Crippen LogP contribution is -2.43. The second kappa shape index (κ2) is 7.80. The Morgan fingerprint density at radius 3 is 2.57 bits per heavy atom. The van der Waals surface area contributed by atoms with E-state index in [0.717, 1.165) is 13.1 Å². The van der Waals surface area contributed by atoms with Crippen molar-refractivity contribution in [3.05, 3.63) is 29.8 Å². The Balaban J connectivity index is 1.96. The third kappa shape index (κ3) is 4.57. The van der Waals surface area contributed by atoms with E-state index < -0.39 is 0 Å². The first kappa shape index (κ1) is 15.5. The van der Waals surface area contributed by atoms with E-state index in [1.54, 1.807) is 18.2 Å².